The molecule has 12 atom stereocenters. The number of cyclic esters (lactones) is 1. The number of aliphatic hydroxyl groups is 3. The van der Waals surface area contributed by atoms with Gasteiger partial charge in [-0.05, 0) is 71.8 Å². The van der Waals surface area contributed by atoms with Crippen molar-refractivity contribution in [3.8, 4) is 0 Å². The van der Waals surface area contributed by atoms with Crippen molar-refractivity contribution in [2.75, 3.05) is 34.2 Å². The molecular formula is C40H62N2O9. The number of aldehydes is 1. The van der Waals surface area contributed by atoms with Gasteiger partial charge in [0.05, 0.1) is 36.9 Å². The molecule has 1 saturated heterocycles. The van der Waals surface area contributed by atoms with E-state index in [2.05, 4.69) is 17.0 Å². The Bertz CT molecular complexity index is 1300. The standard InChI is InChI=1S/C40H62N2O9/c1-9-34-31(24-42(8)19-17-29-13-11-10-12-14-29)21-25(2)15-16-32(44)26(3)22-30(18-20-43)39(27(4)33(45)23-35(46)50-34)51-40-38(48)36(41(6)7)37(47)28(5)49-40/h10-16,20-21,26-28,30-31,33-34,36-40,45,47-48H,9,17-19,22-24H2,1-8H3/b16-15+,25-21+/t26-,27+,28-,30+,31-,33-,34-,36+,37-,38-,39-,40+/m1/s1. The van der Waals surface area contributed by atoms with Crippen molar-refractivity contribution in [2.24, 2.45) is 23.7 Å². The van der Waals surface area contributed by atoms with Crippen LogP contribution in [0.2, 0.25) is 0 Å². The molecule has 0 saturated carbocycles. The molecule has 2 heterocycles. The van der Waals surface area contributed by atoms with Crippen LogP contribution >= 0.6 is 0 Å². The molecule has 11 nitrogen and oxygen atoms in total. The second-order valence-corrected chi connectivity index (χ2v) is 14.9. The first-order valence-electron chi connectivity index (χ1n) is 18.4. The molecule has 1 fully saturated rings. The molecule has 0 radical (unpaired) electrons. The third-order valence-corrected chi connectivity index (χ3v) is 10.5. The molecule has 286 valence electrons. The van der Waals surface area contributed by atoms with Gasteiger partial charge in [-0.1, -0.05) is 68.8 Å². The highest BCUT2D eigenvalue weighted by Crippen LogP contribution is 2.34. The first-order chi connectivity index (χ1) is 24.2. The number of aliphatic hydroxyl groups excluding tert-OH is 3. The van der Waals surface area contributed by atoms with Crippen LogP contribution in [0.1, 0.15) is 65.9 Å². The Hall–Kier alpha value is -2.77. The van der Waals surface area contributed by atoms with Crippen molar-refractivity contribution in [1.29, 1.82) is 0 Å². The number of carbonyl (C=O) groups excluding carboxylic acids is 3. The fourth-order valence-electron chi connectivity index (χ4n) is 7.34. The summed E-state index contributed by atoms with van der Waals surface area (Å²) in [5.74, 6) is -2.64. The van der Waals surface area contributed by atoms with Crippen LogP contribution in [0, 0.1) is 23.7 Å². The summed E-state index contributed by atoms with van der Waals surface area (Å²) in [6, 6.07) is 9.54. The van der Waals surface area contributed by atoms with Crippen molar-refractivity contribution in [3.63, 3.8) is 0 Å². The molecule has 0 aromatic heterocycles. The molecule has 0 amide bonds. The van der Waals surface area contributed by atoms with E-state index in [4.69, 9.17) is 14.2 Å². The van der Waals surface area contributed by atoms with Crippen LogP contribution in [0.5, 0.6) is 0 Å². The molecular weight excluding hydrogens is 652 g/mol. The quantitative estimate of drug-likeness (QED) is 0.229. The Morgan fingerprint density at radius 1 is 1.00 bits per heavy atom. The maximum absolute atomic E-state index is 13.5. The van der Waals surface area contributed by atoms with E-state index in [1.54, 1.807) is 51.9 Å². The van der Waals surface area contributed by atoms with E-state index < -0.39 is 72.7 Å². The zero-order valence-electron chi connectivity index (χ0n) is 31.8. The predicted molar refractivity (Wildman–Crippen MR) is 196 cm³/mol. The molecule has 0 spiro atoms. The van der Waals surface area contributed by atoms with Crippen LogP contribution in [0.4, 0.5) is 0 Å². The Morgan fingerprint density at radius 2 is 1.69 bits per heavy atom. The number of rotatable bonds is 11. The summed E-state index contributed by atoms with van der Waals surface area (Å²) in [6.45, 7) is 10.5. The Labute approximate surface area is 304 Å². The second kappa shape index (κ2) is 20.5. The highest BCUT2D eigenvalue weighted by atomic mass is 16.7. The lowest BCUT2D eigenvalue weighted by Crippen LogP contribution is -2.63. The number of nitrogens with zero attached hydrogens (tertiary/aromatic N) is 2. The zero-order chi connectivity index (χ0) is 37.8. The van der Waals surface area contributed by atoms with Gasteiger partial charge in [0, 0.05) is 37.3 Å². The molecule has 3 N–H and O–H groups in total. The minimum absolute atomic E-state index is 0.0158. The number of hydrogen-bond donors (Lipinski definition) is 3. The first kappa shape index (κ1) is 42.6. The fraction of sp³-hybridized carbons (Fsp3) is 0.675. The minimum Gasteiger partial charge on any atom is -0.462 e. The average molecular weight is 715 g/mol. The van der Waals surface area contributed by atoms with E-state index in [0.29, 0.717) is 13.0 Å². The number of ether oxygens (including phenoxy) is 3. The fourth-order valence-corrected chi connectivity index (χ4v) is 7.34. The Morgan fingerprint density at radius 3 is 2.31 bits per heavy atom. The van der Waals surface area contributed by atoms with Crippen LogP contribution in [0.3, 0.4) is 0 Å². The zero-order valence-corrected chi connectivity index (χ0v) is 31.8. The normalized spacial score (nSPS) is 36.4. The Balaban J connectivity index is 1.93. The number of carbonyl (C=O) groups is 3. The van der Waals surface area contributed by atoms with Gasteiger partial charge in [-0.2, -0.15) is 0 Å². The SMILES string of the molecule is CC[C@H]1OC(=O)C[C@@H](O)[C@H](C)[C@@H](O[C@@H]2O[C@H](C)[C@@H](O)[C@H](N(C)C)[C@H]2O)[C@@H](CC=O)C[C@@H](C)C(=O)/C=C/C(C)=C/[C@@H]1CN(C)CCc1ccccc1. The van der Waals surface area contributed by atoms with Gasteiger partial charge >= 0.3 is 5.97 Å². The summed E-state index contributed by atoms with van der Waals surface area (Å²) in [7, 11) is 5.51. The molecule has 2 aliphatic rings. The van der Waals surface area contributed by atoms with Crippen LogP contribution in [-0.2, 0) is 35.0 Å². The molecule has 1 aromatic carbocycles. The number of allylic oxidation sites excluding steroid dienone is 3. The van der Waals surface area contributed by atoms with Gasteiger partial charge in [0.1, 0.15) is 18.5 Å². The van der Waals surface area contributed by atoms with Crippen LogP contribution < -0.4 is 0 Å². The summed E-state index contributed by atoms with van der Waals surface area (Å²) in [5.41, 5.74) is 2.09. The largest absolute Gasteiger partial charge is 0.462 e. The van der Waals surface area contributed by atoms with Gasteiger partial charge < -0.3 is 44.1 Å². The second-order valence-electron chi connectivity index (χ2n) is 14.9. The summed E-state index contributed by atoms with van der Waals surface area (Å²) >= 11 is 0. The van der Waals surface area contributed by atoms with Gasteiger partial charge in [0.2, 0.25) is 0 Å². The van der Waals surface area contributed by atoms with E-state index in [9.17, 15) is 29.7 Å². The first-order valence-corrected chi connectivity index (χ1v) is 18.4. The number of esters is 1. The van der Waals surface area contributed by atoms with E-state index in [-0.39, 0.29) is 31.0 Å². The van der Waals surface area contributed by atoms with E-state index in [1.165, 1.54) is 5.56 Å². The van der Waals surface area contributed by atoms with Crippen molar-refractivity contribution in [1.82, 2.24) is 9.80 Å². The van der Waals surface area contributed by atoms with E-state index in [0.717, 1.165) is 24.8 Å². The lowest BCUT2D eigenvalue weighted by atomic mass is 9.79. The number of hydrogen-bond acceptors (Lipinski definition) is 11. The number of ketones is 1. The summed E-state index contributed by atoms with van der Waals surface area (Å²) in [4.78, 5) is 42.9. The summed E-state index contributed by atoms with van der Waals surface area (Å²) < 4.78 is 18.5. The van der Waals surface area contributed by atoms with E-state index >= 15 is 0 Å². The topological polar surface area (TPSA) is 146 Å². The molecule has 0 aliphatic carbocycles. The molecule has 0 unspecified atom stereocenters. The maximum Gasteiger partial charge on any atom is 0.308 e. The number of benzene rings is 1. The number of likely N-dealkylation sites (N-methyl/N-ethyl adjacent to an activating group) is 2. The molecule has 3 rings (SSSR count). The van der Waals surface area contributed by atoms with Crippen LogP contribution in [0.25, 0.3) is 0 Å². The third-order valence-electron chi connectivity index (χ3n) is 10.5. The van der Waals surface area contributed by atoms with Crippen molar-refractivity contribution in [2.45, 2.75) is 116 Å². The van der Waals surface area contributed by atoms with Crippen molar-refractivity contribution in [3.05, 3.63) is 59.7 Å². The minimum atomic E-state index is -1.26. The predicted octanol–water partition coefficient (Wildman–Crippen LogP) is 3.58. The smallest absolute Gasteiger partial charge is 0.308 e. The average Bonchev–Trinajstić information content (AvgIpc) is 3.08. The van der Waals surface area contributed by atoms with E-state index in [1.807, 2.05) is 45.2 Å². The molecule has 2 aliphatic heterocycles. The molecule has 1 aromatic rings. The van der Waals surface area contributed by atoms with Gasteiger partial charge in [0.15, 0.2) is 12.1 Å². The lowest BCUT2D eigenvalue weighted by molar-refractivity contribution is -0.304. The lowest BCUT2D eigenvalue weighted by Gasteiger charge is -2.46. The molecule has 0 bridgehead atoms. The van der Waals surface area contributed by atoms with Gasteiger partial charge in [0.25, 0.3) is 0 Å². The highest BCUT2D eigenvalue weighted by molar-refractivity contribution is 5.91. The molecule has 51 heavy (non-hydrogen) atoms. The van der Waals surface area contributed by atoms with Crippen LogP contribution in [-0.4, -0.2) is 126 Å². The monoisotopic (exact) mass is 714 g/mol. The summed E-state index contributed by atoms with van der Waals surface area (Å²) in [6.07, 6.45) is 0.742. The Kier molecular flexibility index (Phi) is 17.1. The van der Waals surface area contributed by atoms with Gasteiger partial charge in [-0.3, -0.25) is 9.59 Å². The summed E-state index contributed by atoms with van der Waals surface area (Å²) in [5, 5.41) is 33.6. The van der Waals surface area contributed by atoms with Crippen LogP contribution in [0.15, 0.2) is 54.1 Å². The van der Waals surface area contributed by atoms with Gasteiger partial charge in [-0.25, -0.2) is 0 Å². The highest BCUT2D eigenvalue weighted by Gasteiger charge is 2.47. The third kappa shape index (κ3) is 12.4. The van der Waals surface area contributed by atoms with Crippen molar-refractivity contribution < 1.29 is 43.9 Å². The van der Waals surface area contributed by atoms with Crippen molar-refractivity contribution >= 4 is 18.0 Å². The van der Waals surface area contributed by atoms with Gasteiger partial charge in [-0.15, -0.1) is 0 Å². The molecule has 11 heteroatoms. The maximum atomic E-state index is 13.5.